The van der Waals surface area contributed by atoms with Gasteiger partial charge in [-0.15, -0.1) is 0 Å². The molecule has 0 saturated carbocycles. The Hall–Kier alpha value is -1.95. The van der Waals surface area contributed by atoms with Crippen molar-refractivity contribution in [2.24, 2.45) is 10.9 Å². The van der Waals surface area contributed by atoms with E-state index in [4.69, 9.17) is 9.47 Å². The largest absolute Gasteiger partial charge is 0.454 e. The minimum absolute atomic E-state index is 0.324. The maximum Gasteiger partial charge on any atom is 0.231 e. The predicted octanol–water partition coefficient (Wildman–Crippen LogP) is 1.85. The molecule has 25 heavy (non-hydrogen) atoms. The van der Waals surface area contributed by atoms with Gasteiger partial charge in [0.1, 0.15) is 0 Å². The average Bonchev–Trinajstić information content (AvgIpc) is 3.12. The van der Waals surface area contributed by atoms with Crippen molar-refractivity contribution < 1.29 is 9.47 Å². The van der Waals surface area contributed by atoms with Gasteiger partial charge in [-0.05, 0) is 56.0 Å². The number of hydrogen-bond donors (Lipinski definition) is 2. The Bertz CT molecular complexity index is 591. The van der Waals surface area contributed by atoms with E-state index >= 15 is 0 Å². The summed E-state index contributed by atoms with van der Waals surface area (Å²) in [5.74, 6) is 3.27. The fraction of sp³-hybridized carbons (Fsp3) is 0.632. The fourth-order valence-corrected chi connectivity index (χ4v) is 3.49. The number of piperidine rings is 1. The summed E-state index contributed by atoms with van der Waals surface area (Å²) in [6.45, 7) is 7.98. The van der Waals surface area contributed by atoms with Crippen molar-refractivity contribution in [2.45, 2.75) is 26.2 Å². The highest BCUT2D eigenvalue weighted by atomic mass is 16.7. The Labute approximate surface area is 150 Å². The number of nitrogens with one attached hydrogen (secondary N) is 2. The van der Waals surface area contributed by atoms with E-state index in [0.29, 0.717) is 12.7 Å². The molecule has 138 valence electrons. The molecular weight excluding hydrogens is 316 g/mol. The number of guanidine groups is 1. The number of benzene rings is 1. The summed E-state index contributed by atoms with van der Waals surface area (Å²) in [4.78, 5) is 6.87. The van der Waals surface area contributed by atoms with Gasteiger partial charge in [-0.25, -0.2) is 0 Å². The first-order valence-corrected chi connectivity index (χ1v) is 9.34. The maximum atomic E-state index is 5.43. The lowest BCUT2D eigenvalue weighted by molar-refractivity contribution is 0.174. The van der Waals surface area contributed by atoms with Crippen LogP contribution in [0.1, 0.15) is 25.3 Å². The molecular formula is C19H30N4O2. The molecule has 0 spiro atoms. The molecule has 3 rings (SSSR count). The van der Waals surface area contributed by atoms with Crippen molar-refractivity contribution in [1.82, 2.24) is 15.5 Å². The second-order valence-corrected chi connectivity index (χ2v) is 6.72. The first kappa shape index (κ1) is 17.9. The zero-order valence-electron chi connectivity index (χ0n) is 15.4. The van der Waals surface area contributed by atoms with Gasteiger partial charge in [0, 0.05) is 26.7 Å². The van der Waals surface area contributed by atoms with Gasteiger partial charge in [-0.2, -0.15) is 0 Å². The summed E-state index contributed by atoms with van der Waals surface area (Å²) >= 11 is 0. The van der Waals surface area contributed by atoms with E-state index in [2.05, 4.69) is 39.6 Å². The highest BCUT2D eigenvalue weighted by Gasteiger charge is 2.18. The van der Waals surface area contributed by atoms with E-state index in [1.54, 1.807) is 0 Å². The van der Waals surface area contributed by atoms with E-state index < -0.39 is 0 Å². The number of rotatable bonds is 6. The van der Waals surface area contributed by atoms with E-state index in [0.717, 1.165) is 43.5 Å². The van der Waals surface area contributed by atoms with Crippen LogP contribution in [-0.4, -0.2) is 57.4 Å². The van der Waals surface area contributed by atoms with Crippen LogP contribution in [0.15, 0.2) is 23.2 Å². The van der Waals surface area contributed by atoms with Crippen LogP contribution in [0, 0.1) is 5.92 Å². The van der Waals surface area contributed by atoms with Crippen LogP contribution in [0.3, 0.4) is 0 Å². The standard InChI is InChI=1S/C19H30N4O2/c1-3-23-10-4-5-16(13-23)12-22-19(20-2)21-9-8-15-6-7-17-18(11-15)25-14-24-17/h6-7,11,16H,3-5,8-10,12-14H2,1-2H3,(H2,20,21,22). The summed E-state index contributed by atoms with van der Waals surface area (Å²) in [5, 5.41) is 6.88. The van der Waals surface area contributed by atoms with Gasteiger partial charge < -0.3 is 25.0 Å². The maximum absolute atomic E-state index is 5.43. The highest BCUT2D eigenvalue weighted by Crippen LogP contribution is 2.32. The van der Waals surface area contributed by atoms with E-state index in [-0.39, 0.29) is 0 Å². The zero-order valence-corrected chi connectivity index (χ0v) is 15.4. The number of nitrogens with zero attached hydrogens (tertiary/aromatic N) is 2. The van der Waals surface area contributed by atoms with Gasteiger partial charge in [0.15, 0.2) is 17.5 Å². The second kappa shape index (κ2) is 8.94. The molecule has 2 heterocycles. The van der Waals surface area contributed by atoms with Gasteiger partial charge in [-0.1, -0.05) is 13.0 Å². The second-order valence-electron chi connectivity index (χ2n) is 6.72. The van der Waals surface area contributed by atoms with Gasteiger partial charge in [-0.3, -0.25) is 4.99 Å². The first-order valence-electron chi connectivity index (χ1n) is 9.34. The first-order chi connectivity index (χ1) is 12.3. The predicted molar refractivity (Wildman–Crippen MR) is 100 cm³/mol. The fourth-order valence-electron chi connectivity index (χ4n) is 3.49. The third-order valence-electron chi connectivity index (χ3n) is 4.98. The SMILES string of the molecule is CCN1CCCC(CNC(=NC)NCCc2ccc3c(c2)OCO3)C1. The van der Waals surface area contributed by atoms with Crippen LogP contribution in [0.4, 0.5) is 0 Å². The van der Waals surface area contributed by atoms with Crippen molar-refractivity contribution >= 4 is 5.96 Å². The van der Waals surface area contributed by atoms with E-state index in [1.165, 1.54) is 31.5 Å². The van der Waals surface area contributed by atoms with Crippen LogP contribution in [0.25, 0.3) is 0 Å². The van der Waals surface area contributed by atoms with Crippen LogP contribution < -0.4 is 20.1 Å². The molecule has 6 nitrogen and oxygen atoms in total. The smallest absolute Gasteiger partial charge is 0.231 e. The van der Waals surface area contributed by atoms with Crippen molar-refractivity contribution in [2.75, 3.05) is 46.6 Å². The monoisotopic (exact) mass is 346 g/mol. The summed E-state index contributed by atoms with van der Waals surface area (Å²) in [6.07, 6.45) is 3.53. The minimum atomic E-state index is 0.324. The summed E-state index contributed by atoms with van der Waals surface area (Å²) in [6, 6.07) is 6.13. The molecule has 2 aliphatic heterocycles. The molecule has 1 fully saturated rings. The van der Waals surface area contributed by atoms with Crippen molar-refractivity contribution in [3.05, 3.63) is 23.8 Å². The molecule has 1 aromatic carbocycles. The topological polar surface area (TPSA) is 58.1 Å². The highest BCUT2D eigenvalue weighted by molar-refractivity contribution is 5.79. The molecule has 2 N–H and O–H groups in total. The minimum Gasteiger partial charge on any atom is -0.454 e. The van der Waals surface area contributed by atoms with Gasteiger partial charge >= 0.3 is 0 Å². The van der Waals surface area contributed by atoms with Crippen LogP contribution in [-0.2, 0) is 6.42 Å². The molecule has 0 aliphatic carbocycles. The molecule has 1 atom stereocenters. The molecule has 6 heteroatoms. The number of likely N-dealkylation sites (tertiary alicyclic amines) is 1. The molecule has 0 amide bonds. The van der Waals surface area contributed by atoms with Crippen LogP contribution in [0.5, 0.6) is 11.5 Å². The van der Waals surface area contributed by atoms with Crippen molar-refractivity contribution in [1.29, 1.82) is 0 Å². The normalized spacial score (nSPS) is 20.6. The van der Waals surface area contributed by atoms with E-state index in [1.807, 2.05) is 13.1 Å². The molecule has 0 bridgehead atoms. The van der Waals surface area contributed by atoms with Crippen LogP contribution >= 0.6 is 0 Å². The lowest BCUT2D eigenvalue weighted by Crippen LogP contribution is -2.44. The molecule has 1 unspecified atom stereocenters. The molecule has 0 aromatic heterocycles. The molecule has 1 saturated heterocycles. The summed E-state index contributed by atoms with van der Waals surface area (Å²) < 4.78 is 10.8. The Balaban J connectivity index is 1.39. The van der Waals surface area contributed by atoms with Crippen molar-refractivity contribution in [3.63, 3.8) is 0 Å². The van der Waals surface area contributed by atoms with Gasteiger partial charge in [0.05, 0.1) is 0 Å². The van der Waals surface area contributed by atoms with Gasteiger partial charge in [0.2, 0.25) is 6.79 Å². The van der Waals surface area contributed by atoms with Gasteiger partial charge in [0.25, 0.3) is 0 Å². The number of ether oxygens (including phenoxy) is 2. The summed E-state index contributed by atoms with van der Waals surface area (Å²) in [7, 11) is 1.83. The van der Waals surface area contributed by atoms with E-state index in [9.17, 15) is 0 Å². The quantitative estimate of drug-likeness (QED) is 0.608. The molecule has 2 aliphatic rings. The lowest BCUT2D eigenvalue weighted by Gasteiger charge is -2.32. The summed E-state index contributed by atoms with van der Waals surface area (Å²) in [5.41, 5.74) is 1.23. The molecule has 1 aromatic rings. The zero-order chi connectivity index (χ0) is 17.5. The molecule has 0 radical (unpaired) electrons. The Morgan fingerprint density at radius 2 is 2.16 bits per heavy atom. The Morgan fingerprint density at radius 3 is 3.00 bits per heavy atom. The number of fused-ring (bicyclic) bond motifs is 1. The third-order valence-corrected chi connectivity index (χ3v) is 4.98. The Kier molecular flexibility index (Phi) is 6.39. The number of aliphatic imine (C=N–C) groups is 1. The average molecular weight is 346 g/mol. The Morgan fingerprint density at radius 1 is 1.28 bits per heavy atom. The lowest BCUT2D eigenvalue weighted by atomic mass is 9.98. The third kappa shape index (κ3) is 5.01. The van der Waals surface area contributed by atoms with Crippen molar-refractivity contribution in [3.8, 4) is 11.5 Å². The number of hydrogen-bond acceptors (Lipinski definition) is 4. The van der Waals surface area contributed by atoms with Crippen LogP contribution in [0.2, 0.25) is 0 Å².